The van der Waals surface area contributed by atoms with Gasteiger partial charge >= 0.3 is 0 Å². The van der Waals surface area contributed by atoms with E-state index in [0.29, 0.717) is 15.7 Å². The molecule has 2 aromatic heterocycles. The molecule has 0 aliphatic rings. The summed E-state index contributed by atoms with van der Waals surface area (Å²) in [7, 11) is 0. The number of hydrogen-bond donors (Lipinski definition) is 1. The fourth-order valence-electron chi connectivity index (χ4n) is 2.93. The number of thiazole rings is 1. The second-order valence-electron chi connectivity index (χ2n) is 8.42. The Bertz CT molecular complexity index is 1220. The molecular weight excluding hydrogens is 382 g/mol. The lowest BCUT2D eigenvalue weighted by Crippen LogP contribution is -2.22. The van der Waals surface area contributed by atoms with Crippen molar-refractivity contribution in [1.82, 2.24) is 14.8 Å². The normalized spacial score (nSPS) is 13.3. The summed E-state index contributed by atoms with van der Waals surface area (Å²) in [6.07, 6.45) is 3.38. The smallest absolute Gasteiger partial charge is 0.266 e. The third-order valence-electron chi connectivity index (χ3n) is 4.85. The predicted octanol–water partition coefficient (Wildman–Crippen LogP) is 2.83. The van der Waals surface area contributed by atoms with Crippen molar-refractivity contribution in [3.63, 3.8) is 0 Å². The maximum atomic E-state index is 12.4. The number of ketones is 1. The van der Waals surface area contributed by atoms with Crippen molar-refractivity contribution in [1.29, 1.82) is 0 Å². The summed E-state index contributed by atoms with van der Waals surface area (Å²) in [5.74, 6) is -0.0140. The molecule has 0 aliphatic heterocycles. The van der Waals surface area contributed by atoms with Crippen LogP contribution in [0, 0.1) is 26.2 Å². The maximum absolute atomic E-state index is 12.4. The molecule has 3 aromatic rings. The summed E-state index contributed by atoms with van der Waals surface area (Å²) in [4.78, 5) is 27.4. The van der Waals surface area contributed by atoms with Crippen LogP contribution in [0.25, 0.3) is 12.2 Å². The zero-order valence-corrected chi connectivity index (χ0v) is 18.6. The molecule has 3 rings (SSSR count). The van der Waals surface area contributed by atoms with E-state index in [1.54, 1.807) is 0 Å². The first-order valence-corrected chi connectivity index (χ1v) is 10.4. The average Bonchev–Trinajstić information content (AvgIpc) is 3.10. The van der Waals surface area contributed by atoms with Gasteiger partial charge in [-0.1, -0.05) is 50.6 Å². The molecule has 2 heterocycles. The van der Waals surface area contributed by atoms with Gasteiger partial charge in [-0.05, 0) is 32.4 Å². The van der Waals surface area contributed by atoms with Gasteiger partial charge in [-0.3, -0.25) is 14.3 Å². The van der Waals surface area contributed by atoms with Crippen LogP contribution in [-0.2, 0) is 11.3 Å². The highest BCUT2D eigenvalue weighted by atomic mass is 32.1. The molecule has 6 heteroatoms. The van der Waals surface area contributed by atoms with E-state index in [-0.39, 0.29) is 11.3 Å². The van der Waals surface area contributed by atoms with Crippen molar-refractivity contribution >= 4 is 29.3 Å². The highest BCUT2D eigenvalue weighted by Crippen LogP contribution is 2.16. The highest BCUT2D eigenvalue weighted by molar-refractivity contribution is 7.07. The summed E-state index contributed by atoms with van der Waals surface area (Å²) in [5, 5.41) is 4.66. The minimum Gasteiger partial charge on any atom is -0.313 e. The van der Waals surface area contributed by atoms with Crippen LogP contribution in [0.2, 0.25) is 0 Å². The molecule has 0 spiro atoms. The number of carbonyl (C=O) groups excluding carboxylic acids is 1. The topological polar surface area (TPSA) is 67.8 Å². The van der Waals surface area contributed by atoms with E-state index in [4.69, 9.17) is 0 Å². The van der Waals surface area contributed by atoms with E-state index in [9.17, 15) is 9.59 Å². The van der Waals surface area contributed by atoms with Gasteiger partial charge < -0.3 is 4.98 Å². The third-order valence-corrected chi connectivity index (χ3v) is 5.81. The average molecular weight is 410 g/mol. The van der Waals surface area contributed by atoms with Crippen molar-refractivity contribution in [2.75, 3.05) is 0 Å². The van der Waals surface area contributed by atoms with Crippen LogP contribution in [0.4, 0.5) is 0 Å². The fraction of sp³-hybridized carbons (Fsp3) is 0.348. The van der Waals surface area contributed by atoms with Gasteiger partial charge in [0.05, 0.1) is 21.4 Å². The molecule has 0 amide bonds. The van der Waals surface area contributed by atoms with Crippen LogP contribution < -0.4 is 14.8 Å². The molecule has 1 N–H and O–H groups in total. The number of H-pyrrole nitrogens is 1. The third kappa shape index (κ3) is 4.82. The molecule has 0 saturated heterocycles. The quantitative estimate of drug-likeness (QED) is 0.721. The van der Waals surface area contributed by atoms with E-state index < -0.39 is 5.41 Å². The van der Waals surface area contributed by atoms with Crippen LogP contribution in [0.15, 0.2) is 29.1 Å². The zero-order chi connectivity index (χ0) is 21.3. The largest absolute Gasteiger partial charge is 0.313 e. The standard InChI is InChI=1S/C23H27N3O2S/c1-14-7-9-17(10-8-14)13-26-16(3)18(15(2)25-26)11-19-22(28)24-21(29-19)12-20(27)23(4,5)6/h7-12H,13H2,1-6H3,(H,24,28)/b19-11-,21-12+. The minimum atomic E-state index is -0.477. The van der Waals surface area contributed by atoms with Gasteiger partial charge in [-0.25, -0.2) is 0 Å². The maximum Gasteiger partial charge on any atom is 0.266 e. The number of carbonyl (C=O) groups is 1. The number of nitrogens with one attached hydrogen (secondary N) is 1. The molecular formula is C23H27N3O2S. The minimum absolute atomic E-state index is 0.0140. The monoisotopic (exact) mass is 409 g/mol. The molecule has 0 unspecified atom stereocenters. The first-order chi connectivity index (χ1) is 13.5. The summed E-state index contributed by atoms with van der Waals surface area (Å²) in [5.41, 5.74) is 4.57. The summed E-state index contributed by atoms with van der Waals surface area (Å²) >= 11 is 1.29. The molecule has 0 radical (unpaired) electrons. The molecule has 152 valence electrons. The van der Waals surface area contributed by atoms with Gasteiger partial charge in [0.15, 0.2) is 5.78 Å². The number of aryl methyl sites for hydroxylation is 2. The molecule has 0 atom stereocenters. The summed E-state index contributed by atoms with van der Waals surface area (Å²) < 4.78 is 3.10. The van der Waals surface area contributed by atoms with Crippen molar-refractivity contribution in [2.24, 2.45) is 5.41 Å². The Labute approximate surface area is 174 Å². The molecule has 29 heavy (non-hydrogen) atoms. The second kappa shape index (κ2) is 7.95. The number of benzene rings is 1. The number of Topliss-reactive ketones (excluding diaryl/α,β-unsaturated/α-hetero) is 1. The molecule has 5 nitrogen and oxygen atoms in total. The Balaban J connectivity index is 1.98. The Morgan fingerprint density at radius 1 is 1.17 bits per heavy atom. The molecule has 1 aromatic carbocycles. The van der Waals surface area contributed by atoms with E-state index in [1.165, 1.54) is 28.5 Å². The van der Waals surface area contributed by atoms with Crippen LogP contribution in [0.3, 0.4) is 0 Å². The number of nitrogens with zero attached hydrogens (tertiary/aromatic N) is 2. The van der Waals surface area contributed by atoms with Crippen LogP contribution in [0.1, 0.15) is 48.8 Å². The van der Waals surface area contributed by atoms with E-state index >= 15 is 0 Å². The van der Waals surface area contributed by atoms with Crippen molar-refractivity contribution < 1.29 is 4.79 Å². The lowest BCUT2D eigenvalue weighted by molar-refractivity contribution is -0.119. The van der Waals surface area contributed by atoms with Crippen LogP contribution in [-0.4, -0.2) is 20.5 Å². The van der Waals surface area contributed by atoms with Gasteiger partial charge in [-0.15, -0.1) is 11.3 Å². The molecule has 0 bridgehead atoms. The lowest BCUT2D eigenvalue weighted by atomic mass is 9.91. The van der Waals surface area contributed by atoms with Gasteiger partial charge in [-0.2, -0.15) is 5.10 Å². The van der Waals surface area contributed by atoms with E-state index in [1.807, 2.05) is 45.4 Å². The number of aromatic amines is 1. The molecule has 0 aliphatic carbocycles. The second-order valence-corrected chi connectivity index (χ2v) is 9.50. The van der Waals surface area contributed by atoms with Crippen LogP contribution in [0.5, 0.6) is 0 Å². The molecule has 0 saturated carbocycles. The Hall–Kier alpha value is -2.73. The van der Waals surface area contributed by atoms with Crippen molar-refractivity contribution in [3.05, 3.63) is 71.9 Å². The SMILES string of the molecule is Cc1ccc(Cn2nc(C)c(/C=c3\s/c(=C/C(=O)C(C)(C)C)[nH]c3=O)c2C)cc1. The Kier molecular flexibility index (Phi) is 5.75. The van der Waals surface area contributed by atoms with Gasteiger partial charge in [0.1, 0.15) is 0 Å². The predicted molar refractivity (Wildman–Crippen MR) is 119 cm³/mol. The lowest BCUT2D eigenvalue weighted by Gasteiger charge is -2.12. The number of rotatable bonds is 4. The van der Waals surface area contributed by atoms with Gasteiger partial charge in [0, 0.05) is 22.7 Å². The Morgan fingerprint density at radius 3 is 2.45 bits per heavy atom. The van der Waals surface area contributed by atoms with E-state index in [2.05, 4.69) is 41.3 Å². The summed E-state index contributed by atoms with van der Waals surface area (Å²) in [6.45, 7) is 12.3. The highest BCUT2D eigenvalue weighted by Gasteiger charge is 2.18. The first-order valence-electron chi connectivity index (χ1n) is 9.61. The molecule has 0 fully saturated rings. The fourth-order valence-corrected chi connectivity index (χ4v) is 3.80. The van der Waals surface area contributed by atoms with E-state index in [0.717, 1.165) is 17.0 Å². The van der Waals surface area contributed by atoms with Crippen molar-refractivity contribution in [3.8, 4) is 0 Å². The zero-order valence-electron chi connectivity index (χ0n) is 17.8. The van der Waals surface area contributed by atoms with Crippen molar-refractivity contribution in [2.45, 2.75) is 48.1 Å². The Morgan fingerprint density at radius 2 is 1.83 bits per heavy atom. The van der Waals surface area contributed by atoms with Crippen LogP contribution >= 0.6 is 11.3 Å². The first kappa shape index (κ1) is 21.0. The van der Waals surface area contributed by atoms with Gasteiger partial charge in [0.25, 0.3) is 5.56 Å². The number of aromatic nitrogens is 3. The summed E-state index contributed by atoms with van der Waals surface area (Å²) in [6, 6.07) is 8.40. The van der Waals surface area contributed by atoms with Gasteiger partial charge in [0.2, 0.25) is 0 Å². The number of hydrogen-bond acceptors (Lipinski definition) is 4.